The van der Waals surface area contributed by atoms with Crippen molar-refractivity contribution in [2.24, 2.45) is 5.73 Å². The molecular formula is C12H16N4. The summed E-state index contributed by atoms with van der Waals surface area (Å²) in [6.45, 7) is 0. The minimum atomic E-state index is 0.391. The first-order chi connectivity index (χ1) is 7.83. The Morgan fingerprint density at radius 1 is 1.25 bits per heavy atom. The van der Waals surface area contributed by atoms with E-state index in [1.165, 1.54) is 0 Å². The minimum Gasteiger partial charge on any atom is -0.340 e. The molecule has 0 amide bonds. The molecule has 3 rings (SSSR count). The Bertz CT molecular complexity index is 449. The summed E-state index contributed by atoms with van der Waals surface area (Å²) < 4.78 is 0. The van der Waals surface area contributed by atoms with Gasteiger partial charge in [0.15, 0.2) is 0 Å². The fourth-order valence-corrected chi connectivity index (χ4v) is 2.46. The lowest BCUT2D eigenvalue weighted by atomic mass is 9.86. The number of H-pyrrole nitrogens is 1. The molecule has 16 heavy (non-hydrogen) atoms. The number of fused-ring (bicyclic) bond motifs is 1. The van der Waals surface area contributed by atoms with Crippen LogP contribution in [0.3, 0.4) is 0 Å². The summed E-state index contributed by atoms with van der Waals surface area (Å²) in [6.07, 6.45) is 8.13. The first kappa shape index (κ1) is 9.78. The van der Waals surface area contributed by atoms with Gasteiger partial charge in [0.05, 0.1) is 17.2 Å². The first-order valence-electron chi connectivity index (χ1n) is 5.88. The lowest BCUT2D eigenvalue weighted by Crippen LogP contribution is -2.26. The zero-order valence-electron chi connectivity index (χ0n) is 9.19. The average molecular weight is 216 g/mol. The second-order valence-corrected chi connectivity index (χ2v) is 4.63. The second kappa shape index (κ2) is 3.87. The Hall–Kier alpha value is -1.42. The van der Waals surface area contributed by atoms with Gasteiger partial charge in [0.2, 0.25) is 0 Å². The van der Waals surface area contributed by atoms with Crippen molar-refractivity contribution in [2.75, 3.05) is 0 Å². The van der Waals surface area contributed by atoms with Crippen LogP contribution in [-0.2, 0) is 0 Å². The van der Waals surface area contributed by atoms with E-state index in [0.717, 1.165) is 42.5 Å². The van der Waals surface area contributed by atoms with Crippen molar-refractivity contribution in [1.82, 2.24) is 15.0 Å². The van der Waals surface area contributed by atoms with Crippen molar-refractivity contribution >= 4 is 11.0 Å². The van der Waals surface area contributed by atoms with Gasteiger partial charge in [-0.05, 0) is 31.7 Å². The van der Waals surface area contributed by atoms with Gasteiger partial charge >= 0.3 is 0 Å². The summed E-state index contributed by atoms with van der Waals surface area (Å²) in [5.74, 6) is 1.65. The third-order valence-corrected chi connectivity index (χ3v) is 3.46. The van der Waals surface area contributed by atoms with Crippen molar-refractivity contribution in [3.8, 4) is 0 Å². The van der Waals surface area contributed by atoms with Gasteiger partial charge in [-0.25, -0.2) is 4.98 Å². The van der Waals surface area contributed by atoms with Gasteiger partial charge in [-0.3, -0.25) is 4.98 Å². The number of hydrogen-bond donors (Lipinski definition) is 2. The van der Waals surface area contributed by atoms with Crippen LogP contribution in [0.2, 0.25) is 0 Å². The summed E-state index contributed by atoms with van der Waals surface area (Å²) in [7, 11) is 0. The van der Waals surface area contributed by atoms with Crippen LogP contribution in [0.15, 0.2) is 18.5 Å². The van der Waals surface area contributed by atoms with Crippen LogP contribution in [-0.4, -0.2) is 21.0 Å². The standard InChI is InChI=1S/C12H16N4/c13-9-3-1-8(2-4-9)12-15-10-5-6-14-7-11(10)16-12/h5-9H,1-4,13H2,(H,15,16). The molecule has 0 unspecified atom stereocenters. The third-order valence-electron chi connectivity index (χ3n) is 3.46. The predicted octanol–water partition coefficient (Wildman–Crippen LogP) is 1.94. The Labute approximate surface area is 94.3 Å². The van der Waals surface area contributed by atoms with E-state index < -0.39 is 0 Å². The molecule has 84 valence electrons. The first-order valence-corrected chi connectivity index (χ1v) is 5.88. The van der Waals surface area contributed by atoms with Crippen LogP contribution in [0.5, 0.6) is 0 Å². The van der Waals surface area contributed by atoms with Crippen molar-refractivity contribution < 1.29 is 0 Å². The number of rotatable bonds is 1. The van der Waals surface area contributed by atoms with Crippen LogP contribution >= 0.6 is 0 Å². The van der Waals surface area contributed by atoms with Crippen LogP contribution < -0.4 is 5.73 Å². The number of pyridine rings is 1. The molecule has 0 radical (unpaired) electrons. The highest BCUT2D eigenvalue weighted by atomic mass is 14.9. The SMILES string of the molecule is NC1CCC(c2nc3ccncc3[nH]2)CC1. The molecule has 2 aromatic heterocycles. The highest BCUT2D eigenvalue weighted by molar-refractivity contribution is 5.73. The molecule has 3 N–H and O–H groups in total. The number of aromatic nitrogens is 3. The molecule has 1 aliphatic rings. The summed E-state index contributed by atoms with van der Waals surface area (Å²) in [5, 5.41) is 0. The monoisotopic (exact) mass is 216 g/mol. The zero-order valence-corrected chi connectivity index (χ0v) is 9.19. The molecular weight excluding hydrogens is 200 g/mol. The molecule has 2 heterocycles. The van der Waals surface area contributed by atoms with Gasteiger partial charge in [0, 0.05) is 18.2 Å². The smallest absolute Gasteiger partial charge is 0.110 e. The maximum absolute atomic E-state index is 5.91. The molecule has 4 nitrogen and oxygen atoms in total. The summed E-state index contributed by atoms with van der Waals surface area (Å²) in [5.41, 5.74) is 7.96. The topological polar surface area (TPSA) is 67.6 Å². The largest absolute Gasteiger partial charge is 0.340 e. The predicted molar refractivity (Wildman–Crippen MR) is 63.1 cm³/mol. The molecule has 4 heteroatoms. The zero-order chi connectivity index (χ0) is 11.0. The normalized spacial score (nSPS) is 26.1. The molecule has 1 saturated carbocycles. The second-order valence-electron chi connectivity index (χ2n) is 4.63. The van der Waals surface area contributed by atoms with Gasteiger partial charge in [-0.2, -0.15) is 0 Å². The van der Waals surface area contributed by atoms with Gasteiger partial charge in [0.25, 0.3) is 0 Å². The van der Waals surface area contributed by atoms with E-state index in [-0.39, 0.29) is 0 Å². The minimum absolute atomic E-state index is 0.391. The molecule has 0 saturated heterocycles. The van der Waals surface area contributed by atoms with E-state index in [2.05, 4.69) is 15.0 Å². The molecule has 0 aromatic carbocycles. The Morgan fingerprint density at radius 3 is 2.81 bits per heavy atom. The van der Waals surface area contributed by atoms with Crippen LogP contribution in [0.4, 0.5) is 0 Å². The number of nitrogens with zero attached hydrogens (tertiary/aromatic N) is 2. The molecule has 1 fully saturated rings. The number of hydrogen-bond acceptors (Lipinski definition) is 3. The average Bonchev–Trinajstić information content (AvgIpc) is 2.73. The number of nitrogens with two attached hydrogens (primary N) is 1. The molecule has 0 spiro atoms. The Kier molecular flexibility index (Phi) is 2.36. The fourth-order valence-electron chi connectivity index (χ4n) is 2.46. The molecule has 0 bridgehead atoms. The maximum atomic E-state index is 5.91. The van der Waals surface area contributed by atoms with Crippen LogP contribution in [0.25, 0.3) is 11.0 Å². The van der Waals surface area contributed by atoms with E-state index in [9.17, 15) is 0 Å². The highest BCUT2D eigenvalue weighted by Crippen LogP contribution is 2.31. The van der Waals surface area contributed by atoms with E-state index >= 15 is 0 Å². The quantitative estimate of drug-likeness (QED) is 0.765. The molecule has 1 aliphatic carbocycles. The van der Waals surface area contributed by atoms with Crippen molar-refractivity contribution in [3.63, 3.8) is 0 Å². The number of imidazole rings is 1. The molecule has 0 aliphatic heterocycles. The number of aromatic amines is 1. The van der Waals surface area contributed by atoms with Crippen molar-refractivity contribution in [1.29, 1.82) is 0 Å². The molecule has 0 atom stereocenters. The number of nitrogens with one attached hydrogen (secondary N) is 1. The Balaban J connectivity index is 1.88. The lowest BCUT2D eigenvalue weighted by Gasteiger charge is -2.24. The summed E-state index contributed by atoms with van der Waals surface area (Å²) in [6, 6.07) is 2.34. The Morgan fingerprint density at radius 2 is 2.06 bits per heavy atom. The van der Waals surface area contributed by atoms with Crippen LogP contribution in [0, 0.1) is 0 Å². The fraction of sp³-hybridized carbons (Fsp3) is 0.500. The van der Waals surface area contributed by atoms with Gasteiger partial charge < -0.3 is 10.7 Å². The maximum Gasteiger partial charge on any atom is 0.110 e. The summed E-state index contributed by atoms with van der Waals surface area (Å²) >= 11 is 0. The van der Waals surface area contributed by atoms with E-state index in [4.69, 9.17) is 5.73 Å². The van der Waals surface area contributed by atoms with E-state index in [1.807, 2.05) is 12.3 Å². The third kappa shape index (κ3) is 1.69. The van der Waals surface area contributed by atoms with E-state index in [1.54, 1.807) is 6.20 Å². The van der Waals surface area contributed by atoms with Crippen LogP contribution in [0.1, 0.15) is 37.4 Å². The van der Waals surface area contributed by atoms with E-state index in [0.29, 0.717) is 12.0 Å². The summed E-state index contributed by atoms with van der Waals surface area (Å²) in [4.78, 5) is 12.1. The van der Waals surface area contributed by atoms with Crippen molar-refractivity contribution in [2.45, 2.75) is 37.6 Å². The lowest BCUT2D eigenvalue weighted by molar-refractivity contribution is 0.386. The van der Waals surface area contributed by atoms with Gasteiger partial charge in [-0.15, -0.1) is 0 Å². The van der Waals surface area contributed by atoms with Crippen molar-refractivity contribution in [3.05, 3.63) is 24.3 Å². The van der Waals surface area contributed by atoms with Gasteiger partial charge in [0.1, 0.15) is 5.82 Å². The van der Waals surface area contributed by atoms with Gasteiger partial charge in [-0.1, -0.05) is 0 Å². The molecule has 2 aromatic rings. The highest BCUT2D eigenvalue weighted by Gasteiger charge is 2.22.